The molecule has 0 aliphatic carbocycles. The average molecular weight is 309 g/mol. The second-order valence-electron chi connectivity index (χ2n) is 5.99. The summed E-state index contributed by atoms with van der Waals surface area (Å²) in [4.78, 5) is 1.30. The molecule has 2 heteroatoms. The first-order valence-electron chi connectivity index (χ1n) is 8.60. The van der Waals surface area contributed by atoms with Crippen LogP contribution in [0.4, 0.5) is 0 Å². The number of hydrogen-bond acceptors (Lipinski definition) is 2. The highest BCUT2D eigenvalue weighted by molar-refractivity contribution is 7.99. The molecule has 1 aromatic carbocycles. The summed E-state index contributed by atoms with van der Waals surface area (Å²) in [6, 6.07) is 8.41. The standard InChI is InChI=1S/C19H32OS/c1-3-4-5-6-7-8-9-10-14-18(20)16-21-19-15-12-11-13-17(19)2/h11-13,15,18,20H,3-10,14,16H2,1-2H3. The summed E-state index contributed by atoms with van der Waals surface area (Å²) in [5, 5.41) is 10.1. The first kappa shape index (κ1) is 18.6. The van der Waals surface area contributed by atoms with E-state index >= 15 is 0 Å². The van der Waals surface area contributed by atoms with Gasteiger partial charge in [0.15, 0.2) is 0 Å². The van der Waals surface area contributed by atoms with E-state index in [4.69, 9.17) is 0 Å². The van der Waals surface area contributed by atoms with Crippen molar-refractivity contribution in [3.63, 3.8) is 0 Å². The molecular weight excluding hydrogens is 276 g/mol. The SMILES string of the molecule is CCCCCCCCCCC(O)CSc1ccccc1C. The van der Waals surface area contributed by atoms with Gasteiger partial charge in [-0.15, -0.1) is 11.8 Å². The highest BCUT2D eigenvalue weighted by atomic mass is 32.2. The summed E-state index contributed by atoms with van der Waals surface area (Å²) in [5.74, 6) is 0.821. The first-order chi connectivity index (χ1) is 10.2. The molecule has 0 saturated heterocycles. The number of aryl methyl sites for hydroxylation is 1. The molecule has 1 unspecified atom stereocenters. The second-order valence-corrected chi connectivity index (χ2v) is 7.06. The quantitative estimate of drug-likeness (QED) is 0.378. The summed E-state index contributed by atoms with van der Waals surface area (Å²) in [6.07, 6.45) is 11.4. The van der Waals surface area contributed by atoms with Gasteiger partial charge >= 0.3 is 0 Å². The summed E-state index contributed by atoms with van der Waals surface area (Å²) >= 11 is 1.78. The monoisotopic (exact) mass is 308 g/mol. The van der Waals surface area contributed by atoms with Gasteiger partial charge in [-0.1, -0.05) is 76.5 Å². The maximum absolute atomic E-state index is 10.1. The van der Waals surface area contributed by atoms with Crippen LogP contribution in [-0.2, 0) is 0 Å². The number of hydrogen-bond donors (Lipinski definition) is 1. The van der Waals surface area contributed by atoms with Crippen molar-refractivity contribution in [2.45, 2.75) is 82.6 Å². The Bertz CT molecular complexity index is 364. The molecule has 0 aromatic heterocycles. The lowest BCUT2D eigenvalue weighted by Gasteiger charge is -2.11. The number of thioether (sulfide) groups is 1. The third-order valence-corrected chi connectivity index (χ3v) is 5.24. The minimum atomic E-state index is -0.158. The summed E-state index contributed by atoms with van der Waals surface area (Å²) in [5.41, 5.74) is 1.31. The Labute approximate surface area is 135 Å². The van der Waals surface area contributed by atoms with E-state index in [2.05, 4.69) is 38.1 Å². The number of rotatable bonds is 12. The molecule has 120 valence electrons. The minimum Gasteiger partial charge on any atom is -0.392 e. The summed E-state index contributed by atoms with van der Waals surface area (Å²) in [6.45, 7) is 4.39. The number of unbranched alkanes of at least 4 members (excludes halogenated alkanes) is 7. The van der Waals surface area contributed by atoms with Crippen molar-refractivity contribution in [1.29, 1.82) is 0 Å². The highest BCUT2D eigenvalue weighted by Gasteiger charge is 2.06. The zero-order valence-corrected chi connectivity index (χ0v) is 14.6. The van der Waals surface area contributed by atoms with Gasteiger partial charge in [-0.2, -0.15) is 0 Å². The van der Waals surface area contributed by atoms with E-state index < -0.39 is 0 Å². The smallest absolute Gasteiger partial charge is 0.0634 e. The maximum atomic E-state index is 10.1. The van der Waals surface area contributed by atoms with Crippen molar-refractivity contribution in [3.8, 4) is 0 Å². The molecule has 0 saturated carbocycles. The summed E-state index contributed by atoms with van der Waals surface area (Å²) < 4.78 is 0. The van der Waals surface area contributed by atoms with Crippen LogP contribution in [0.2, 0.25) is 0 Å². The van der Waals surface area contributed by atoms with Gasteiger partial charge in [-0.25, -0.2) is 0 Å². The fourth-order valence-corrected chi connectivity index (χ4v) is 3.51. The molecule has 0 radical (unpaired) electrons. The van der Waals surface area contributed by atoms with Crippen molar-refractivity contribution in [3.05, 3.63) is 29.8 Å². The summed E-state index contributed by atoms with van der Waals surface area (Å²) in [7, 11) is 0. The Hall–Kier alpha value is -0.470. The van der Waals surface area contributed by atoms with Crippen molar-refractivity contribution in [1.82, 2.24) is 0 Å². The average Bonchev–Trinajstić information content (AvgIpc) is 2.49. The van der Waals surface area contributed by atoms with Gasteiger partial charge in [0.05, 0.1) is 6.10 Å². The topological polar surface area (TPSA) is 20.2 Å². The molecule has 1 atom stereocenters. The van der Waals surface area contributed by atoms with Crippen LogP contribution in [0.5, 0.6) is 0 Å². The third-order valence-electron chi connectivity index (χ3n) is 3.92. The maximum Gasteiger partial charge on any atom is 0.0634 e. The van der Waals surface area contributed by atoms with Crippen molar-refractivity contribution in [2.24, 2.45) is 0 Å². The molecule has 0 aliphatic heterocycles. The van der Waals surface area contributed by atoms with E-state index in [1.165, 1.54) is 61.8 Å². The molecule has 1 aromatic rings. The van der Waals surface area contributed by atoms with Crippen LogP contribution in [0.1, 0.15) is 70.3 Å². The molecule has 0 amide bonds. The lowest BCUT2D eigenvalue weighted by atomic mass is 10.1. The Morgan fingerprint density at radius 2 is 1.57 bits per heavy atom. The van der Waals surface area contributed by atoms with Crippen LogP contribution in [0.15, 0.2) is 29.2 Å². The molecule has 0 heterocycles. The lowest BCUT2D eigenvalue weighted by Crippen LogP contribution is -2.09. The highest BCUT2D eigenvalue weighted by Crippen LogP contribution is 2.23. The number of aliphatic hydroxyl groups is 1. The molecule has 1 nitrogen and oxygen atoms in total. The normalized spacial score (nSPS) is 12.5. The number of benzene rings is 1. The Balaban J connectivity index is 1.99. The van der Waals surface area contributed by atoms with E-state index in [-0.39, 0.29) is 6.10 Å². The number of aliphatic hydroxyl groups excluding tert-OH is 1. The van der Waals surface area contributed by atoms with Gasteiger partial charge in [-0.3, -0.25) is 0 Å². The fourth-order valence-electron chi connectivity index (χ4n) is 2.50. The van der Waals surface area contributed by atoms with Gasteiger partial charge in [0, 0.05) is 10.6 Å². The molecule has 1 rings (SSSR count). The zero-order valence-electron chi connectivity index (χ0n) is 13.8. The van der Waals surface area contributed by atoms with Crippen LogP contribution >= 0.6 is 11.8 Å². The molecule has 0 bridgehead atoms. The van der Waals surface area contributed by atoms with E-state index in [0.717, 1.165) is 12.2 Å². The van der Waals surface area contributed by atoms with Crippen molar-refractivity contribution >= 4 is 11.8 Å². The van der Waals surface area contributed by atoms with Crippen LogP contribution in [-0.4, -0.2) is 17.0 Å². The fraction of sp³-hybridized carbons (Fsp3) is 0.684. The largest absolute Gasteiger partial charge is 0.392 e. The van der Waals surface area contributed by atoms with Crippen LogP contribution in [0.3, 0.4) is 0 Å². The molecular formula is C19H32OS. The predicted octanol–water partition coefficient (Wildman–Crippen LogP) is 5.98. The predicted molar refractivity (Wildman–Crippen MR) is 95.1 cm³/mol. The van der Waals surface area contributed by atoms with Crippen LogP contribution in [0, 0.1) is 6.92 Å². The minimum absolute atomic E-state index is 0.158. The van der Waals surface area contributed by atoms with Gasteiger partial charge < -0.3 is 5.11 Å². The molecule has 1 N–H and O–H groups in total. The van der Waals surface area contributed by atoms with Crippen LogP contribution < -0.4 is 0 Å². The molecule has 0 fully saturated rings. The van der Waals surface area contributed by atoms with Gasteiger partial charge in [0.2, 0.25) is 0 Å². The van der Waals surface area contributed by atoms with E-state index in [0.29, 0.717) is 0 Å². The second kappa shape index (κ2) is 12.1. The molecule has 0 aliphatic rings. The van der Waals surface area contributed by atoms with Gasteiger partial charge in [0.25, 0.3) is 0 Å². The lowest BCUT2D eigenvalue weighted by molar-refractivity contribution is 0.185. The Morgan fingerprint density at radius 1 is 0.952 bits per heavy atom. The zero-order chi connectivity index (χ0) is 15.3. The molecule has 21 heavy (non-hydrogen) atoms. The van der Waals surface area contributed by atoms with Crippen molar-refractivity contribution in [2.75, 3.05) is 5.75 Å². The Kier molecular flexibility index (Phi) is 10.7. The third kappa shape index (κ3) is 9.21. The van der Waals surface area contributed by atoms with Gasteiger partial charge in [-0.05, 0) is 25.0 Å². The van der Waals surface area contributed by atoms with E-state index in [1.807, 2.05) is 0 Å². The Morgan fingerprint density at radius 3 is 2.24 bits per heavy atom. The van der Waals surface area contributed by atoms with E-state index in [9.17, 15) is 5.11 Å². The molecule has 0 spiro atoms. The van der Waals surface area contributed by atoms with E-state index in [1.54, 1.807) is 11.8 Å². The van der Waals surface area contributed by atoms with Crippen LogP contribution in [0.25, 0.3) is 0 Å². The first-order valence-corrected chi connectivity index (χ1v) is 9.59. The van der Waals surface area contributed by atoms with Gasteiger partial charge in [0.1, 0.15) is 0 Å². The van der Waals surface area contributed by atoms with Crippen molar-refractivity contribution < 1.29 is 5.11 Å².